The minimum Gasteiger partial charge on any atom is -0.298 e. The van der Waals surface area contributed by atoms with Crippen molar-refractivity contribution in [2.24, 2.45) is 0 Å². The van der Waals surface area contributed by atoms with Gasteiger partial charge < -0.3 is 0 Å². The van der Waals surface area contributed by atoms with Crippen molar-refractivity contribution in [2.45, 2.75) is 11.8 Å². The van der Waals surface area contributed by atoms with Gasteiger partial charge in [-0.15, -0.1) is 0 Å². The second-order valence-electron chi connectivity index (χ2n) is 5.11. The van der Waals surface area contributed by atoms with Crippen LogP contribution in [0.2, 0.25) is 10.0 Å². The van der Waals surface area contributed by atoms with E-state index in [1.807, 2.05) is 0 Å². The summed E-state index contributed by atoms with van der Waals surface area (Å²) in [5.74, 6) is -0.494. The molecule has 130 valence electrons. The standard InChI is InChI=1S/C16H12Cl2N2O3S2/c1-2-25(22,23)10-5-3-4-9(8-10)15(21)20-16-19-13-11(17)6-7-12(18)14(13)24-16/h3-8H,2H2,1H3,(H,19,20,21). The lowest BCUT2D eigenvalue weighted by molar-refractivity contribution is 0.102. The first-order chi connectivity index (χ1) is 11.8. The van der Waals surface area contributed by atoms with Crippen molar-refractivity contribution in [1.29, 1.82) is 0 Å². The fraction of sp³-hybridized carbons (Fsp3) is 0.125. The van der Waals surface area contributed by atoms with E-state index >= 15 is 0 Å². The van der Waals surface area contributed by atoms with Crippen LogP contribution in [0, 0.1) is 0 Å². The van der Waals surface area contributed by atoms with Gasteiger partial charge >= 0.3 is 0 Å². The van der Waals surface area contributed by atoms with Crippen LogP contribution in [0.3, 0.4) is 0 Å². The van der Waals surface area contributed by atoms with E-state index in [1.54, 1.807) is 19.1 Å². The van der Waals surface area contributed by atoms with Gasteiger partial charge in [0, 0.05) is 5.56 Å². The summed E-state index contributed by atoms with van der Waals surface area (Å²) in [6, 6.07) is 9.18. The zero-order valence-electron chi connectivity index (χ0n) is 12.9. The Morgan fingerprint density at radius 3 is 2.60 bits per heavy atom. The van der Waals surface area contributed by atoms with Gasteiger partial charge in [0.2, 0.25) is 0 Å². The highest BCUT2D eigenvalue weighted by molar-refractivity contribution is 7.91. The third kappa shape index (κ3) is 3.64. The van der Waals surface area contributed by atoms with E-state index in [9.17, 15) is 13.2 Å². The summed E-state index contributed by atoms with van der Waals surface area (Å²) >= 11 is 13.4. The minimum absolute atomic E-state index is 0.0348. The highest BCUT2D eigenvalue weighted by Crippen LogP contribution is 2.36. The van der Waals surface area contributed by atoms with E-state index in [0.717, 1.165) is 0 Å². The molecule has 1 N–H and O–H groups in total. The van der Waals surface area contributed by atoms with E-state index in [4.69, 9.17) is 23.2 Å². The summed E-state index contributed by atoms with van der Waals surface area (Å²) in [7, 11) is -3.39. The highest BCUT2D eigenvalue weighted by Gasteiger charge is 2.16. The highest BCUT2D eigenvalue weighted by atomic mass is 35.5. The van der Waals surface area contributed by atoms with Gasteiger partial charge in [-0.25, -0.2) is 13.4 Å². The lowest BCUT2D eigenvalue weighted by Gasteiger charge is -2.05. The Labute approximate surface area is 158 Å². The number of benzene rings is 2. The van der Waals surface area contributed by atoms with Crippen molar-refractivity contribution in [3.63, 3.8) is 0 Å². The predicted octanol–water partition coefficient (Wildman–Crippen LogP) is 4.65. The lowest BCUT2D eigenvalue weighted by atomic mass is 10.2. The zero-order valence-corrected chi connectivity index (χ0v) is 16.1. The number of thiazole rings is 1. The molecule has 0 aliphatic rings. The maximum atomic E-state index is 12.4. The summed E-state index contributed by atoms with van der Waals surface area (Å²) in [5.41, 5.74) is 0.739. The minimum atomic E-state index is -3.39. The van der Waals surface area contributed by atoms with Crippen LogP contribution in [0.25, 0.3) is 10.2 Å². The molecule has 9 heteroatoms. The van der Waals surface area contributed by atoms with E-state index in [0.29, 0.717) is 25.4 Å². The van der Waals surface area contributed by atoms with Crippen LogP contribution in [-0.4, -0.2) is 25.1 Å². The van der Waals surface area contributed by atoms with Gasteiger partial charge in [-0.2, -0.15) is 0 Å². The number of sulfone groups is 1. The van der Waals surface area contributed by atoms with Crippen LogP contribution in [0.5, 0.6) is 0 Å². The van der Waals surface area contributed by atoms with E-state index in [-0.39, 0.29) is 16.2 Å². The van der Waals surface area contributed by atoms with Gasteiger partial charge in [0.1, 0.15) is 5.52 Å². The average molecular weight is 415 g/mol. The molecular weight excluding hydrogens is 403 g/mol. The van der Waals surface area contributed by atoms with Gasteiger partial charge in [-0.3, -0.25) is 10.1 Å². The fourth-order valence-corrected chi connectivity index (χ4v) is 4.51. The molecule has 5 nitrogen and oxygen atoms in total. The number of carbonyl (C=O) groups is 1. The van der Waals surface area contributed by atoms with Gasteiger partial charge in [0.15, 0.2) is 15.0 Å². The molecular formula is C16H12Cl2N2O3S2. The first-order valence-corrected chi connectivity index (χ1v) is 10.4. The molecule has 1 amide bonds. The molecule has 1 heterocycles. The zero-order chi connectivity index (χ0) is 18.2. The van der Waals surface area contributed by atoms with Crippen molar-refractivity contribution in [3.8, 4) is 0 Å². The normalized spacial score (nSPS) is 11.6. The second-order valence-corrected chi connectivity index (χ2v) is 9.20. The number of carbonyl (C=O) groups excluding carboxylic acids is 1. The smallest absolute Gasteiger partial charge is 0.257 e. The number of aromatic nitrogens is 1. The number of hydrogen-bond acceptors (Lipinski definition) is 5. The second kappa shape index (κ2) is 6.92. The van der Waals surface area contributed by atoms with Crippen LogP contribution < -0.4 is 5.32 Å². The molecule has 0 unspecified atom stereocenters. The third-order valence-electron chi connectivity index (χ3n) is 3.50. The molecule has 1 aromatic heterocycles. The molecule has 3 rings (SSSR count). The number of hydrogen-bond donors (Lipinski definition) is 1. The van der Waals surface area contributed by atoms with Gasteiger partial charge in [-0.05, 0) is 30.3 Å². The fourth-order valence-electron chi connectivity index (χ4n) is 2.17. The Kier molecular flexibility index (Phi) is 5.02. The number of halogens is 2. The van der Waals surface area contributed by atoms with Crippen molar-refractivity contribution in [1.82, 2.24) is 4.98 Å². The quantitative estimate of drug-likeness (QED) is 0.673. The predicted molar refractivity (Wildman–Crippen MR) is 102 cm³/mol. The van der Waals surface area contributed by atoms with Crippen LogP contribution in [0.1, 0.15) is 17.3 Å². The molecule has 0 aliphatic carbocycles. The average Bonchev–Trinajstić information content (AvgIpc) is 3.03. The first-order valence-electron chi connectivity index (χ1n) is 7.20. The Bertz CT molecular complexity index is 1040. The van der Waals surface area contributed by atoms with E-state index in [2.05, 4.69) is 10.3 Å². The number of rotatable bonds is 4. The molecule has 0 atom stereocenters. The van der Waals surface area contributed by atoms with Crippen molar-refractivity contribution in [3.05, 3.63) is 52.0 Å². The SMILES string of the molecule is CCS(=O)(=O)c1cccc(C(=O)Nc2nc3c(Cl)ccc(Cl)c3s2)c1. The van der Waals surface area contributed by atoms with E-state index < -0.39 is 15.7 Å². The maximum absolute atomic E-state index is 12.4. The van der Waals surface area contributed by atoms with Crippen molar-refractivity contribution >= 4 is 65.6 Å². The first kappa shape index (κ1) is 18.1. The number of nitrogens with one attached hydrogen (secondary N) is 1. The largest absolute Gasteiger partial charge is 0.298 e. The Balaban J connectivity index is 1.92. The lowest BCUT2D eigenvalue weighted by Crippen LogP contribution is -2.13. The molecule has 2 aromatic carbocycles. The third-order valence-corrected chi connectivity index (χ3v) is 6.97. The number of amides is 1. The van der Waals surface area contributed by atoms with Gasteiger partial charge in [0.05, 0.1) is 25.4 Å². The Hall–Kier alpha value is -1.67. The molecule has 0 aliphatic heterocycles. The Morgan fingerprint density at radius 1 is 1.20 bits per heavy atom. The Morgan fingerprint density at radius 2 is 1.92 bits per heavy atom. The molecule has 25 heavy (non-hydrogen) atoms. The molecule has 0 radical (unpaired) electrons. The molecule has 0 saturated carbocycles. The van der Waals surface area contributed by atoms with Gasteiger partial charge in [-0.1, -0.05) is 47.5 Å². The van der Waals surface area contributed by atoms with E-state index in [1.165, 1.54) is 35.6 Å². The van der Waals surface area contributed by atoms with Crippen molar-refractivity contribution in [2.75, 3.05) is 11.1 Å². The summed E-state index contributed by atoms with van der Waals surface area (Å²) in [6.45, 7) is 1.55. The van der Waals surface area contributed by atoms with Crippen LogP contribution in [0.15, 0.2) is 41.3 Å². The molecule has 0 saturated heterocycles. The monoisotopic (exact) mass is 414 g/mol. The maximum Gasteiger partial charge on any atom is 0.257 e. The summed E-state index contributed by atoms with van der Waals surface area (Å²) in [5, 5.41) is 3.92. The topological polar surface area (TPSA) is 76.1 Å². The molecule has 0 bridgehead atoms. The van der Waals surface area contributed by atoms with Crippen LogP contribution >= 0.6 is 34.5 Å². The van der Waals surface area contributed by atoms with Crippen LogP contribution in [0.4, 0.5) is 5.13 Å². The molecule has 3 aromatic rings. The molecule has 0 spiro atoms. The van der Waals surface area contributed by atoms with Crippen LogP contribution in [-0.2, 0) is 9.84 Å². The summed E-state index contributed by atoms with van der Waals surface area (Å²) < 4.78 is 24.6. The number of nitrogens with zero attached hydrogens (tertiary/aromatic N) is 1. The summed E-state index contributed by atoms with van der Waals surface area (Å²) in [6.07, 6.45) is 0. The number of anilines is 1. The molecule has 0 fully saturated rings. The van der Waals surface area contributed by atoms with Gasteiger partial charge in [0.25, 0.3) is 5.91 Å². The number of fused-ring (bicyclic) bond motifs is 1. The summed E-state index contributed by atoms with van der Waals surface area (Å²) in [4.78, 5) is 16.8. The van der Waals surface area contributed by atoms with Crippen molar-refractivity contribution < 1.29 is 13.2 Å².